The molecule has 3 rings (SSSR count). The fraction of sp³-hybridized carbons (Fsp3) is 0.125. The van der Waals surface area contributed by atoms with E-state index in [-0.39, 0.29) is 11.8 Å². The molecule has 3 aromatic carbocycles. The molecule has 3 aromatic rings. The number of halogens is 2. The van der Waals surface area contributed by atoms with Crippen LogP contribution in [-0.2, 0) is 4.79 Å². The first kappa shape index (κ1) is 20.2. The van der Waals surface area contributed by atoms with Crippen LogP contribution in [0.1, 0.15) is 29.0 Å². The van der Waals surface area contributed by atoms with E-state index in [0.717, 1.165) is 12.0 Å². The van der Waals surface area contributed by atoms with Gasteiger partial charge in [0.1, 0.15) is 0 Å². The van der Waals surface area contributed by atoms with Gasteiger partial charge in [-0.25, -0.2) is 0 Å². The molecule has 0 heterocycles. The van der Waals surface area contributed by atoms with Gasteiger partial charge in [0.05, 0.1) is 0 Å². The molecule has 0 fully saturated rings. The quantitative estimate of drug-likeness (QED) is 0.452. The average molecular weight is 410 g/mol. The highest BCUT2D eigenvalue weighted by Gasteiger charge is 2.13. The number of carbonyl (C=O) groups excluding carboxylic acids is 1. The molecule has 0 radical (unpaired) electrons. The predicted molar refractivity (Wildman–Crippen MR) is 118 cm³/mol. The van der Waals surface area contributed by atoms with Crippen LogP contribution in [0.4, 0.5) is 0 Å². The topological polar surface area (TPSA) is 29.1 Å². The Balaban J connectivity index is 1.61. The molecule has 0 atom stereocenters. The Kier molecular flexibility index (Phi) is 7.30. The molecule has 0 bridgehead atoms. The molecule has 2 nitrogen and oxygen atoms in total. The van der Waals surface area contributed by atoms with E-state index in [1.807, 2.05) is 36.4 Å². The van der Waals surface area contributed by atoms with Crippen LogP contribution < -0.4 is 5.32 Å². The van der Waals surface area contributed by atoms with Gasteiger partial charge in [-0.15, -0.1) is 0 Å². The maximum atomic E-state index is 12.2. The summed E-state index contributed by atoms with van der Waals surface area (Å²) in [5, 5.41) is 4.05. The standard InChI is InChI=1S/C24H21Cl2NO/c25-21-13-11-20(23(26)17-21)12-14-24(28)27-16-15-22(18-7-3-1-4-8-18)19-9-5-2-6-10-19/h1-14,17,22H,15-16H2,(H,27,28). The van der Waals surface area contributed by atoms with E-state index in [4.69, 9.17) is 23.2 Å². The van der Waals surface area contributed by atoms with Gasteiger partial charge in [0, 0.05) is 28.6 Å². The van der Waals surface area contributed by atoms with Crippen molar-refractivity contribution in [2.45, 2.75) is 12.3 Å². The van der Waals surface area contributed by atoms with Crippen molar-refractivity contribution in [3.8, 4) is 0 Å². The third-order valence-corrected chi connectivity index (χ3v) is 5.08. The molecule has 0 aliphatic heterocycles. The summed E-state index contributed by atoms with van der Waals surface area (Å²) in [5.74, 6) is 0.0864. The molecule has 0 unspecified atom stereocenters. The summed E-state index contributed by atoms with van der Waals surface area (Å²) in [6.45, 7) is 0.575. The Morgan fingerprint density at radius 1 is 0.893 bits per heavy atom. The summed E-state index contributed by atoms with van der Waals surface area (Å²) >= 11 is 12.0. The van der Waals surface area contributed by atoms with Crippen LogP contribution in [0.3, 0.4) is 0 Å². The van der Waals surface area contributed by atoms with Crippen molar-refractivity contribution in [2.24, 2.45) is 0 Å². The highest BCUT2D eigenvalue weighted by molar-refractivity contribution is 6.35. The van der Waals surface area contributed by atoms with Crippen molar-refractivity contribution in [2.75, 3.05) is 6.54 Å². The lowest BCUT2D eigenvalue weighted by Crippen LogP contribution is -2.23. The largest absolute Gasteiger partial charge is 0.353 e. The van der Waals surface area contributed by atoms with E-state index in [0.29, 0.717) is 16.6 Å². The normalized spacial score (nSPS) is 11.1. The van der Waals surface area contributed by atoms with Crippen LogP contribution in [0.2, 0.25) is 10.0 Å². The van der Waals surface area contributed by atoms with Crippen LogP contribution in [0.5, 0.6) is 0 Å². The van der Waals surface area contributed by atoms with Crippen LogP contribution in [0.15, 0.2) is 84.9 Å². The van der Waals surface area contributed by atoms with Crippen molar-refractivity contribution < 1.29 is 4.79 Å². The van der Waals surface area contributed by atoms with Crippen molar-refractivity contribution in [1.29, 1.82) is 0 Å². The third-order valence-electron chi connectivity index (χ3n) is 4.51. The molecule has 0 saturated carbocycles. The lowest BCUT2D eigenvalue weighted by atomic mass is 9.88. The Hall–Kier alpha value is -2.55. The zero-order chi connectivity index (χ0) is 19.8. The minimum Gasteiger partial charge on any atom is -0.353 e. The van der Waals surface area contributed by atoms with E-state index >= 15 is 0 Å². The Morgan fingerprint density at radius 3 is 2.07 bits per heavy atom. The number of carbonyl (C=O) groups is 1. The number of benzene rings is 3. The Morgan fingerprint density at radius 2 is 1.50 bits per heavy atom. The van der Waals surface area contributed by atoms with Gasteiger partial charge >= 0.3 is 0 Å². The fourth-order valence-corrected chi connectivity index (χ4v) is 3.57. The molecular weight excluding hydrogens is 389 g/mol. The molecule has 0 aliphatic rings. The van der Waals surface area contributed by atoms with Gasteiger partial charge in [-0.3, -0.25) is 4.79 Å². The van der Waals surface area contributed by atoms with Gasteiger partial charge in [-0.1, -0.05) is 89.9 Å². The molecule has 1 amide bonds. The predicted octanol–water partition coefficient (Wildman–Crippen LogP) is 6.35. The molecule has 0 aliphatic carbocycles. The zero-order valence-electron chi connectivity index (χ0n) is 15.3. The molecule has 4 heteroatoms. The molecule has 142 valence electrons. The summed E-state index contributed by atoms with van der Waals surface area (Å²) in [4.78, 5) is 12.2. The number of hydrogen-bond acceptors (Lipinski definition) is 1. The molecule has 28 heavy (non-hydrogen) atoms. The summed E-state index contributed by atoms with van der Waals surface area (Å²) in [6, 6.07) is 25.9. The first-order chi connectivity index (χ1) is 13.6. The summed E-state index contributed by atoms with van der Waals surface area (Å²) in [7, 11) is 0. The maximum Gasteiger partial charge on any atom is 0.244 e. The highest BCUT2D eigenvalue weighted by atomic mass is 35.5. The van der Waals surface area contributed by atoms with E-state index in [2.05, 4.69) is 29.6 Å². The average Bonchev–Trinajstić information content (AvgIpc) is 2.72. The molecule has 0 spiro atoms. The fourth-order valence-electron chi connectivity index (χ4n) is 3.10. The zero-order valence-corrected chi connectivity index (χ0v) is 16.8. The SMILES string of the molecule is O=C(C=Cc1ccc(Cl)cc1Cl)NCCC(c1ccccc1)c1ccccc1. The minimum absolute atomic E-state index is 0.147. The second-order valence-corrected chi connectivity index (χ2v) is 7.30. The van der Waals surface area contributed by atoms with Gasteiger partial charge in [-0.05, 0) is 41.3 Å². The lowest BCUT2D eigenvalue weighted by Gasteiger charge is -2.18. The van der Waals surface area contributed by atoms with Crippen molar-refractivity contribution in [1.82, 2.24) is 5.32 Å². The van der Waals surface area contributed by atoms with Crippen LogP contribution in [-0.4, -0.2) is 12.5 Å². The summed E-state index contributed by atoms with van der Waals surface area (Å²) in [6.07, 6.45) is 4.00. The Bertz CT molecular complexity index is 900. The molecule has 0 aromatic heterocycles. The van der Waals surface area contributed by atoms with E-state index in [1.165, 1.54) is 17.2 Å². The molecular formula is C24H21Cl2NO. The number of amides is 1. The molecule has 1 N–H and O–H groups in total. The van der Waals surface area contributed by atoms with Crippen LogP contribution in [0.25, 0.3) is 6.08 Å². The van der Waals surface area contributed by atoms with Gasteiger partial charge < -0.3 is 5.32 Å². The van der Waals surface area contributed by atoms with E-state index in [9.17, 15) is 4.79 Å². The number of nitrogens with one attached hydrogen (secondary N) is 1. The van der Waals surface area contributed by atoms with Gasteiger partial charge in [-0.2, -0.15) is 0 Å². The monoisotopic (exact) mass is 409 g/mol. The second kappa shape index (κ2) is 10.1. The lowest BCUT2D eigenvalue weighted by molar-refractivity contribution is -0.116. The number of rotatable bonds is 7. The highest BCUT2D eigenvalue weighted by Crippen LogP contribution is 2.27. The van der Waals surface area contributed by atoms with Gasteiger partial charge in [0.2, 0.25) is 5.91 Å². The maximum absolute atomic E-state index is 12.2. The summed E-state index contributed by atoms with van der Waals surface area (Å²) < 4.78 is 0. The van der Waals surface area contributed by atoms with Gasteiger partial charge in [0.15, 0.2) is 0 Å². The Labute approximate surface area is 175 Å². The first-order valence-corrected chi connectivity index (χ1v) is 9.90. The van der Waals surface area contributed by atoms with Crippen molar-refractivity contribution in [3.63, 3.8) is 0 Å². The van der Waals surface area contributed by atoms with E-state index in [1.54, 1.807) is 24.3 Å². The second-order valence-electron chi connectivity index (χ2n) is 6.45. The van der Waals surface area contributed by atoms with Crippen molar-refractivity contribution in [3.05, 3.63) is 112 Å². The third kappa shape index (κ3) is 5.72. The summed E-state index contributed by atoms with van der Waals surface area (Å²) in [5.41, 5.74) is 3.24. The first-order valence-electron chi connectivity index (χ1n) is 9.14. The van der Waals surface area contributed by atoms with Crippen LogP contribution >= 0.6 is 23.2 Å². The van der Waals surface area contributed by atoms with Gasteiger partial charge in [0.25, 0.3) is 0 Å². The molecule has 0 saturated heterocycles. The van der Waals surface area contributed by atoms with Crippen LogP contribution in [0, 0.1) is 0 Å². The smallest absolute Gasteiger partial charge is 0.244 e. The van der Waals surface area contributed by atoms with Crippen molar-refractivity contribution >= 4 is 35.2 Å². The minimum atomic E-state index is -0.147. The number of hydrogen-bond donors (Lipinski definition) is 1. The van der Waals surface area contributed by atoms with E-state index < -0.39 is 0 Å².